The smallest absolute Gasteiger partial charge is 0.319 e. The largest absolute Gasteiger partial charge is 0.387 e. The molecule has 26 heavy (non-hydrogen) atoms. The molecule has 0 aliphatic heterocycles. The number of nitrogens with one attached hydrogen (secondary N) is 2. The van der Waals surface area contributed by atoms with Gasteiger partial charge in [-0.1, -0.05) is 36.4 Å². The molecule has 2 aromatic carbocycles. The molecule has 3 aromatic rings. The van der Waals surface area contributed by atoms with Crippen LogP contribution < -0.4 is 10.6 Å². The van der Waals surface area contributed by atoms with Gasteiger partial charge in [0.2, 0.25) is 0 Å². The molecular formula is C21H22N2O2S. The fraction of sp³-hybridized carbons (Fsp3) is 0.190. The van der Waals surface area contributed by atoms with Gasteiger partial charge in [-0.3, -0.25) is 0 Å². The van der Waals surface area contributed by atoms with E-state index in [4.69, 9.17) is 0 Å². The third-order valence-electron chi connectivity index (χ3n) is 4.32. The first-order chi connectivity index (χ1) is 12.5. The summed E-state index contributed by atoms with van der Waals surface area (Å²) in [7, 11) is 0. The minimum Gasteiger partial charge on any atom is -0.387 e. The van der Waals surface area contributed by atoms with E-state index >= 15 is 0 Å². The predicted octanol–water partition coefficient (Wildman–Crippen LogP) is 4.89. The molecule has 0 aliphatic carbocycles. The van der Waals surface area contributed by atoms with Crippen LogP contribution in [0.2, 0.25) is 0 Å². The molecule has 0 saturated carbocycles. The van der Waals surface area contributed by atoms with Crippen molar-refractivity contribution in [1.82, 2.24) is 5.32 Å². The lowest BCUT2D eigenvalue weighted by molar-refractivity contribution is 0.175. The molecule has 3 rings (SSSR count). The first-order valence-corrected chi connectivity index (χ1v) is 9.35. The Balaban J connectivity index is 1.53. The highest BCUT2D eigenvalue weighted by Crippen LogP contribution is 2.26. The topological polar surface area (TPSA) is 61.4 Å². The van der Waals surface area contributed by atoms with E-state index in [1.807, 2.05) is 67.8 Å². The van der Waals surface area contributed by atoms with Gasteiger partial charge >= 0.3 is 6.03 Å². The zero-order valence-electron chi connectivity index (χ0n) is 14.8. The molecule has 1 unspecified atom stereocenters. The Bertz CT molecular complexity index is 874. The molecule has 0 fully saturated rings. The number of carbonyl (C=O) groups excluding carboxylic acids is 1. The quantitative estimate of drug-likeness (QED) is 0.602. The van der Waals surface area contributed by atoms with Gasteiger partial charge in [-0.25, -0.2) is 4.79 Å². The predicted molar refractivity (Wildman–Crippen MR) is 108 cm³/mol. The second kappa shape index (κ2) is 8.17. The fourth-order valence-electron chi connectivity index (χ4n) is 2.61. The number of hydrogen-bond acceptors (Lipinski definition) is 3. The Kier molecular flexibility index (Phi) is 5.71. The SMILES string of the molecule is Cc1ccc(NC(=O)NCC(O)c2ccc(-c3cccs3)cc2)cc1C. The summed E-state index contributed by atoms with van der Waals surface area (Å²) in [5.74, 6) is 0. The number of aliphatic hydroxyl groups excluding tert-OH is 1. The maximum Gasteiger partial charge on any atom is 0.319 e. The van der Waals surface area contributed by atoms with Gasteiger partial charge in [0.05, 0.1) is 6.10 Å². The Hall–Kier alpha value is -2.63. The third-order valence-corrected chi connectivity index (χ3v) is 5.24. The lowest BCUT2D eigenvalue weighted by atomic mass is 10.1. The van der Waals surface area contributed by atoms with Crippen molar-refractivity contribution in [3.8, 4) is 10.4 Å². The van der Waals surface area contributed by atoms with E-state index in [1.54, 1.807) is 11.3 Å². The van der Waals surface area contributed by atoms with Crippen molar-refractivity contribution < 1.29 is 9.90 Å². The van der Waals surface area contributed by atoms with Crippen molar-refractivity contribution in [2.75, 3.05) is 11.9 Å². The summed E-state index contributed by atoms with van der Waals surface area (Å²) in [6.45, 7) is 4.18. The minimum absolute atomic E-state index is 0.148. The molecule has 4 nitrogen and oxygen atoms in total. The average Bonchev–Trinajstić information content (AvgIpc) is 3.18. The van der Waals surface area contributed by atoms with Crippen LogP contribution in [0.15, 0.2) is 60.0 Å². The first kappa shape index (κ1) is 18.2. The van der Waals surface area contributed by atoms with E-state index in [0.29, 0.717) is 0 Å². The van der Waals surface area contributed by atoms with Gasteiger partial charge in [0.25, 0.3) is 0 Å². The van der Waals surface area contributed by atoms with Crippen molar-refractivity contribution in [2.24, 2.45) is 0 Å². The van der Waals surface area contributed by atoms with E-state index in [2.05, 4.69) is 16.7 Å². The van der Waals surface area contributed by atoms with Crippen LogP contribution in [0.3, 0.4) is 0 Å². The van der Waals surface area contributed by atoms with Crippen molar-refractivity contribution in [1.29, 1.82) is 0 Å². The molecule has 0 aliphatic rings. The van der Waals surface area contributed by atoms with Crippen molar-refractivity contribution >= 4 is 23.1 Å². The fourth-order valence-corrected chi connectivity index (χ4v) is 3.35. The van der Waals surface area contributed by atoms with Crippen LogP contribution in [-0.4, -0.2) is 17.7 Å². The van der Waals surface area contributed by atoms with Gasteiger partial charge in [-0.2, -0.15) is 0 Å². The summed E-state index contributed by atoms with van der Waals surface area (Å²) >= 11 is 1.68. The summed E-state index contributed by atoms with van der Waals surface area (Å²) in [4.78, 5) is 13.2. The Morgan fingerprint density at radius 2 is 1.85 bits per heavy atom. The summed E-state index contributed by atoms with van der Waals surface area (Å²) < 4.78 is 0. The molecule has 3 N–H and O–H groups in total. The Morgan fingerprint density at radius 3 is 2.50 bits per heavy atom. The number of anilines is 1. The standard InChI is InChI=1S/C21H22N2O2S/c1-14-5-10-18(12-15(14)2)23-21(25)22-13-19(24)16-6-8-17(9-7-16)20-4-3-11-26-20/h3-12,19,24H,13H2,1-2H3,(H2,22,23,25). The number of benzene rings is 2. The zero-order valence-corrected chi connectivity index (χ0v) is 15.6. The highest BCUT2D eigenvalue weighted by Gasteiger charge is 2.10. The maximum atomic E-state index is 12.0. The summed E-state index contributed by atoms with van der Waals surface area (Å²) in [5.41, 5.74) is 4.93. The van der Waals surface area contributed by atoms with Crippen LogP contribution >= 0.6 is 11.3 Å². The molecule has 0 radical (unpaired) electrons. The highest BCUT2D eigenvalue weighted by atomic mass is 32.1. The monoisotopic (exact) mass is 366 g/mol. The molecule has 0 saturated heterocycles. The Labute approximate surface area is 157 Å². The molecular weight excluding hydrogens is 344 g/mol. The van der Waals surface area contributed by atoms with Crippen LogP contribution in [-0.2, 0) is 0 Å². The van der Waals surface area contributed by atoms with Crippen LogP contribution in [0, 0.1) is 13.8 Å². The molecule has 0 spiro atoms. The minimum atomic E-state index is -0.752. The summed E-state index contributed by atoms with van der Waals surface area (Å²) in [6.07, 6.45) is -0.752. The first-order valence-electron chi connectivity index (χ1n) is 8.47. The summed E-state index contributed by atoms with van der Waals surface area (Å²) in [6, 6.07) is 17.3. The van der Waals surface area contributed by atoms with Gasteiger partial charge in [0.15, 0.2) is 0 Å². The van der Waals surface area contributed by atoms with Crippen LogP contribution in [0.1, 0.15) is 22.8 Å². The lowest BCUT2D eigenvalue weighted by Gasteiger charge is -2.14. The van der Waals surface area contributed by atoms with Crippen LogP contribution in [0.5, 0.6) is 0 Å². The van der Waals surface area contributed by atoms with Gasteiger partial charge in [-0.15, -0.1) is 11.3 Å². The molecule has 1 aromatic heterocycles. The number of urea groups is 1. The number of hydrogen-bond donors (Lipinski definition) is 3. The highest BCUT2D eigenvalue weighted by molar-refractivity contribution is 7.13. The Morgan fingerprint density at radius 1 is 1.08 bits per heavy atom. The van der Waals surface area contributed by atoms with Crippen molar-refractivity contribution in [3.63, 3.8) is 0 Å². The second-order valence-corrected chi connectivity index (χ2v) is 7.20. The molecule has 1 heterocycles. The number of carbonyl (C=O) groups is 1. The van der Waals surface area contributed by atoms with Crippen molar-refractivity contribution in [2.45, 2.75) is 20.0 Å². The molecule has 5 heteroatoms. The molecule has 134 valence electrons. The number of rotatable bonds is 5. The normalized spacial score (nSPS) is 11.8. The van der Waals surface area contributed by atoms with E-state index in [0.717, 1.165) is 22.4 Å². The van der Waals surface area contributed by atoms with E-state index in [1.165, 1.54) is 10.4 Å². The molecule has 1 atom stereocenters. The second-order valence-electron chi connectivity index (χ2n) is 6.25. The lowest BCUT2D eigenvalue weighted by Crippen LogP contribution is -2.32. The number of aryl methyl sites for hydroxylation is 2. The third kappa shape index (κ3) is 4.50. The van der Waals surface area contributed by atoms with Crippen molar-refractivity contribution in [3.05, 3.63) is 76.7 Å². The van der Waals surface area contributed by atoms with Crippen LogP contribution in [0.25, 0.3) is 10.4 Å². The van der Waals surface area contributed by atoms with Crippen LogP contribution in [0.4, 0.5) is 10.5 Å². The van der Waals surface area contributed by atoms with Gasteiger partial charge in [-0.05, 0) is 59.7 Å². The molecule has 2 amide bonds. The average molecular weight is 366 g/mol. The molecule has 0 bridgehead atoms. The van der Waals surface area contributed by atoms with E-state index in [-0.39, 0.29) is 12.6 Å². The van der Waals surface area contributed by atoms with E-state index < -0.39 is 6.10 Å². The summed E-state index contributed by atoms with van der Waals surface area (Å²) in [5, 5.41) is 17.8. The van der Waals surface area contributed by atoms with Gasteiger partial charge in [0, 0.05) is 17.1 Å². The zero-order chi connectivity index (χ0) is 18.5. The van der Waals surface area contributed by atoms with Gasteiger partial charge < -0.3 is 15.7 Å². The van der Waals surface area contributed by atoms with Gasteiger partial charge in [0.1, 0.15) is 0 Å². The number of amides is 2. The maximum absolute atomic E-state index is 12.0. The number of aliphatic hydroxyl groups is 1. The number of thiophene rings is 1. The van der Waals surface area contributed by atoms with E-state index in [9.17, 15) is 9.90 Å².